The number of para-hydroxylation sites is 1. The molecule has 6 heteroatoms. The molecule has 1 unspecified atom stereocenters. The van der Waals surface area contributed by atoms with Crippen LogP contribution in [-0.2, 0) is 4.79 Å². The summed E-state index contributed by atoms with van der Waals surface area (Å²) in [5.74, 6) is 0.989. The van der Waals surface area contributed by atoms with Crippen molar-refractivity contribution in [3.8, 4) is 5.75 Å². The zero-order valence-corrected chi connectivity index (χ0v) is 14.9. The predicted molar refractivity (Wildman–Crippen MR) is 99.8 cm³/mol. The zero-order valence-electron chi connectivity index (χ0n) is 14.1. The highest BCUT2D eigenvalue weighted by molar-refractivity contribution is 8.00. The number of amides is 1. The number of benzene rings is 2. The van der Waals surface area contributed by atoms with Gasteiger partial charge in [-0.05, 0) is 13.0 Å². The van der Waals surface area contributed by atoms with E-state index in [0.717, 1.165) is 27.1 Å². The molecule has 128 valence electrons. The Morgan fingerprint density at radius 2 is 1.96 bits per heavy atom. The Labute approximate surface area is 150 Å². The average molecular weight is 353 g/mol. The average Bonchev–Trinajstić information content (AvgIpc) is 2.66. The summed E-state index contributed by atoms with van der Waals surface area (Å²) in [6.07, 6.45) is 1.73. The van der Waals surface area contributed by atoms with Crippen LogP contribution in [0.2, 0.25) is 0 Å². The van der Waals surface area contributed by atoms with Crippen LogP contribution >= 0.6 is 11.8 Å². The number of nitrogens with one attached hydrogen (secondary N) is 1. The lowest BCUT2D eigenvalue weighted by Gasteiger charge is -2.17. The maximum Gasteiger partial charge on any atom is 0.230 e. The van der Waals surface area contributed by atoms with Crippen LogP contribution in [0.5, 0.6) is 5.75 Å². The van der Waals surface area contributed by atoms with Gasteiger partial charge in [0.2, 0.25) is 5.91 Å². The number of rotatable bonds is 6. The Balaban J connectivity index is 1.64. The summed E-state index contributed by atoms with van der Waals surface area (Å²) in [5.41, 5.74) is 0.952. The summed E-state index contributed by atoms with van der Waals surface area (Å²) in [6.45, 7) is 1.94. The number of carbonyl (C=O) groups excluding carboxylic acids is 1. The summed E-state index contributed by atoms with van der Waals surface area (Å²) in [5, 5.41) is 13.9. The van der Waals surface area contributed by atoms with E-state index >= 15 is 0 Å². The molecule has 0 aliphatic rings. The molecular weight excluding hydrogens is 334 g/mol. The molecule has 25 heavy (non-hydrogen) atoms. The number of carbonyl (C=O) groups is 1. The van der Waals surface area contributed by atoms with E-state index in [1.54, 1.807) is 13.3 Å². The molecule has 0 radical (unpaired) electrons. The molecule has 0 bridgehead atoms. The van der Waals surface area contributed by atoms with Gasteiger partial charge >= 0.3 is 0 Å². The number of aromatic nitrogens is 2. The number of fused-ring (bicyclic) bond motifs is 1. The molecule has 3 aromatic rings. The summed E-state index contributed by atoms with van der Waals surface area (Å²) in [4.78, 5) is 12.3. The van der Waals surface area contributed by atoms with Gasteiger partial charge in [-0.3, -0.25) is 4.79 Å². The van der Waals surface area contributed by atoms with Gasteiger partial charge in [0.25, 0.3) is 0 Å². The highest BCUT2D eigenvalue weighted by Gasteiger charge is 2.14. The molecular formula is C19H19N3O2S. The lowest BCUT2D eigenvalue weighted by molar-refractivity contribution is -0.119. The molecule has 0 spiro atoms. The molecule has 0 saturated carbocycles. The SMILES string of the molecule is COc1ccccc1C(C)NC(=O)CSc1nncc2ccccc12. The van der Waals surface area contributed by atoms with E-state index in [0.29, 0.717) is 0 Å². The minimum absolute atomic E-state index is 0.0573. The van der Waals surface area contributed by atoms with E-state index in [-0.39, 0.29) is 17.7 Å². The Morgan fingerprint density at radius 3 is 2.80 bits per heavy atom. The van der Waals surface area contributed by atoms with Gasteiger partial charge in [-0.25, -0.2) is 0 Å². The number of nitrogens with zero attached hydrogens (tertiary/aromatic N) is 2. The lowest BCUT2D eigenvalue weighted by Crippen LogP contribution is -2.28. The van der Waals surface area contributed by atoms with Gasteiger partial charge in [0.15, 0.2) is 0 Å². The van der Waals surface area contributed by atoms with Crippen LogP contribution in [0.1, 0.15) is 18.5 Å². The van der Waals surface area contributed by atoms with E-state index in [1.807, 2.05) is 55.5 Å². The quantitative estimate of drug-likeness (QED) is 0.686. The van der Waals surface area contributed by atoms with Gasteiger partial charge < -0.3 is 10.1 Å². The topological polar surface area (TPSA) is 64.1 Å². The Hall–Kier alpha value is -2.60. The molecule has 0 fully saturated rings. The van der Waals surface area contributed by atoms with E-state index in [2.05, 4.69) is 15.5 Å². The van der Waals surface area contributed by atoms with Gasteiger partial charge in [0.1, 0.15) is 10.8 Å². The van der Waals surface area contributed by atoms with Crippen molar-refractivity contribution < 1.29 is 9.53 Å². The molecule has 1 N–H and O–H groups in total. The minimum Gasteiger partial charge on any atom is -0.496 e. The van der Waals surface area contributed by atoms with Crippen molar-refractivity contribution >= 4 is 28.4 Å². The van der Waals surface area contributed by atoms with Crippen molar-refractivity contribution in [1.29, 1.82) is 0 Å². The normalized spacial score (nSPS) is 11.9. The van der Waals surface area contributed by atoms with Crippen molar-refractivity contribution in [3.63, 3.8) is 0 Å². The lowest BCUT2D eigenvalue weighted by atomic mass is 10.1. The monoisotopic (exact) mass is 353 g/mol. The highest BCUT2D eigenvalue weighted by Crippen LogP contribution is 2.26. The summed E-state index contributed by atoms with van der Waals surface area (Å²) < 4.78 is 5.35. The number of hydrogen-bond donors (Lipinski definition) is 1. The maximum atomic E-state index is 12.3. The Kier molecular flexibility index (Phi) is 5.50. The number of methoxy groups -OCH3 is 1. The van der Waals surface area contributed by atoms with Crippen LogP contribution in [0.4, 0.5) is 0 Å². The van der Waals surface area contributed by atoms with E-state index in [9.17, 15) is 4.79 Å². The predicted octanol–water partition coefficient (Wildman–Crippen LogP) is 3.61. The van der Waals surface area contributed by atoms with Crippen LogP contribution < -0.4 is 10.1 Å². The highest BCUT2D eigenvalue weighted by atomic mass is 32.2. The first-order valence-corrected chi connectivity index (χ1v) is 8.93. The second-order valence-electron chi connectivity index (χ2n) is 5.56. The summed E-state index contributed by atoms with van der Waals surface area (Å²) >= 11 is 1.39. The fourth-order valence-corrected chi connectivity index (χ4v) is 3.42. The Morgan fingerprint density at radius 1 is 1.20 bits per heavy atom. The summed E-state index contributed by atoms with van der Waals surface area (Å²) in [6, 6.07) is 15.4. The molecule has 3 rings (SSSR count). The number of thioether (sulfide) groups is 1. The molecule has 0 aliphatic carbocycles. The second-order valence-corrected chi connectivity index (χ2v) is 6.52. The molecule has 5 nitrogen and oxygen atoms in total. The first-order valence-electron chi connectivity index (χ1n) is 7.94. The molecule has 1 heterocycles. The van der Waals surface area contributed by atoms with E-state index in [1.165, 1.54) is 11.8 Å². The van der Waals surface area contributed by atoms with Gasteiger partial charge in [0, 0.05) is 16.3 Å². The molecule has 1 aromatic heterocycles. The van der Waals surface area contributed by atoms with Crippen molar-refractivity contribution in [2.75, 3.05) is 12.9 Å². The smallest absolute Gasteiger partial charge is 0.230 e. The standard InChI is InChI=1S/C19H19N3O2S/c1-13(15-8-5-6-10-17(15)24-2)21-18(23)12-25-19-16-9-4-3-7-14(16)11-20-22-19/h3-11,13H,12H2,1-2H3,(H,21,23). The minimum atomic E-state index is -0.136. The van der Waals surface area contributed by atoms with Crippen LogP contribution in [0, 0.1) is 0 Å². The van der Waals surface area contributed by atoms with Gasteiger partial charge in [-0.1, -0.05) is 54.2 Å². The second kappa shape index (κ2) is 7.98. The largest absolute Gasteiger partial charge is 0.496 e. The fourth-order valence-electron chi connectivity index (χ4n) is 2.63. The van der Waals surface area contributed by atoms with Gasteiger partial charge in [-0.2, -0.15) is 5.10 Å². The molecule has 1 amide bonds. The van der Waals surface area contributed by atoms with Crippen LogP contribution in [0.25, 0.3) is 10.8 Å². The first kappa shape index (κ1) is 17.2. The molecule has 0 saturated heterocycles. The third-order valence-electron chi connectivity index (χ3n) is 3.86. The van der Waals surface area contributed by atoms with Crippen LogP contribution in [0.3, 0.4) is 0 Å². The van der Waals surface area contributed by atoms with Crippen molar-refractivity contribution in [2.24, 2.45) is 0 Å². The third kappa shape index (κ3) is 4.09. The number of hydrogen-bond acceptors (Lipinski definition) is 5. The Bertz CT molecular complexity index is 880. The number of ether oxygens (including phenoxy) is 1. The molecule has 1 atom stereocenters. The van der Waals surface area contributed by atoms with Crippen molar-refractivity contribution in [2.45, 2.75) is 18.0 Å². The van der Waals surface area contributed by atoms with Crippen molar-refractivity contribution in [1.82, 2.24) is 15.5 Å². The van der Waals surface area contributed by atoms with E-state index in [4.69, 9.17) is 4.74 Å². The third-order valence-corrected chi connectivity index (χ3v) is 4.84. The molecule has 2 aromatic carbocycles. The van der Waals surface area contributed by atoms with Crippen LogP contribution in [0.15, 0.2) is 59.8 Å². The first-order chi connectivity index (χ1) is 12.2. The fraction of sp³-hybridized carbons (Fsp3) is 0.211. The maximum absolute atomic E-state index is 12.3. The van der Waals surface area contributed by atoms with Gasteiger partial charge in [-0.15, -0.1) is 5.10 Å². The van der Waals surface area contributed by atoms with Crippen LogP contribution in [-0.4, -0.2) is 29.0 Å². The van der Waals surface area contributed by atoms with E-state index < -0.39 is 0 Å². The van der Waals surface area contributed by atoms with Crippen molar-refractivity contribution in [3.05, 3.63) is 60.3 Å². The van der Waals surface area contributed by atoms with Gasteiger partial charge in [0.05, 0.1) is 25.1 Å². The zero-order chi connectivity index (χ0) is 17.6. The summed E-state index contributed by atoms with van der Waals surface area (Å²) in [7, 11) is 1.63. The molecule has 0 aliphatic heterocycles.